The second-order valence-corrected chi connectivity index (χ2v) is 21.4. The number of nitrogens with zero attached hydrogens (tertiary/aromatic N) is 2. The number of hydrogen-bond donors (Lipinski definition) is 0. The Morgan fingerprint density at radius 1 is 0.444 bits per heavy atom. The number of fused-ring (bicyclic) bond motifs is 9. The molecule has 0 N–H and O–H groups in total. The molecule has 5 aliphatic rings. The fourth-order valence-electron chi connectivity index (χ4n) is 11.3. The molecule has 0 bridgehead atoms. The van der Waals surface area contributed by atoms with Crippen molar-refractivity contribution < 1.29 is 0 Å². The van der Waals surface area contributed by atoms with E-state index in [0.717, 1.165) is 0 Å². The van der Waals surface area contributed by atoms with Crippen LogP contribution >= 0.6 is 11.3 Å². The molecule has 0 amide bonds. The third-order valence-corrected chi connectivity index (χ3v) is 18.1. The zero-order valence-electron chi connectivity index (χ0n) is 34.0. The monoisotopic (exact) mass is 722 g/mol. The topological polar surface area (TPSA) is 6.48 Å². The zero-order valence-corrected chi connectivity index (χ0v) is 34.9. The highest BCUT2D eigenvalue weighted by Gasteiger charge is 2.56. The van der Waals surface area contributed by atoms with Crippen LogP contribution in [-0.4, -0.2) is 6.71 Å². The minimum atomic E-state index is 0.0843. The van der Waals surface area contributed by atoms with Gasteiger partial charge in [0.25, 0.3) is 6.71 Å². The smallest absolute Gasteiger partial charge is 0.264 e. The van der Waals surface area contributed by atoms with Crippen LogP contribution in [0.5, 0.6) is 0 Å². The van der Waals surface area contributed by atoms with Crippen LogP contribution in [-0.2, 0) is 32.5 Å². The molecule has 0 unspecified atom stereocenters. The van der Waals surface area contributed by atoms with Gasteiger partial charge in [-0.05, 0) is 125 Å². The summed E-state index contributed by atoms with van der Waals surface area (Å²) in [7, 11) is 0. The van der Waals surface area contributed by atoms with Crippen molar-refractivity contribution in [3.63, 3.8) is 0 Å². The van der Waals surface area contributed by atoms with Gasteiger partial charge in [-0.1, -0.05) is 126 Å². The molecule has 0 saturated heterocycles. The molecule has 6 aromatic rings. The molecule has 54 heavy (non-hydrogen) atoms. The van der Waals surface area contributed by atoms with E-state index >= 15 is 0 Å². The molecule has 11 rings (SSSR count). The van der Waals surface area contributed by atoms with Gasteiger partial charge in [0.05, 0.1) is 5.69 Å². The van der Waals surface area contributed by atoms with Crippen molar-refractivity contribution in [3.05, 3.63) is 124 Å². The summed E-state index contributed by atoms with van der Waals surface area (Å²) in [6, 6.07) is 36.1. The van der Waals surface area contributed by atoms with E-state index in [4.69, 9.17) is 0 Å². The second-order valence-electron chi connectivity index (χ2n) is 20.3. The average Bonchev–Trinajstić information content (AvgIpc) is 3.53. The highest BCUT2D eigenvalue weighted by molar-refractivity contribution is 7.33. The molecule has 0 saturated carbocycles. The van der Waals surface area contributed by atoms with Crippen molar-refractivity contribution >= 4 is 78.0 Å². The average molecular weight is 723 g/mol. The highest BCUT2D eigenvalue weighted by atomic mass is 32.1. The first-order chi connectivity index (χ1) is 25.3. The standard InChI is InChI=1S/C50H51BN2S/c1-45(2)31-22-20-28(24-33(31)47(45,5)6)52-38-17-15-18-39-42(38)51(37-26-35-36(27-40(37)52)50(11,12)49(35,9)10)44-43(30-16-13-14-19-41(30)54-44)53(39)29-21-23-32-34(25-29)48(7,8)46(32,3)4/h13-27H,1-12H3. The summed E-state index contributed by atoms with van der Waals surface area (Å²) in [4.78, 5) is 5.26. The summed E-state index contributed by atoms with van der Waals surface area (Å²) in [6.45, 7) is 29.2. The maximum Gasteiger partial charge on any atom is 0.264 e. The number of hydrogen-bond acceptors (Lipinski definition) is 3. The first-order valence-corrected chi connectivity index (χ1v) is 20.9. The van der Waals surface area contributed by atoms with E-state index in [2.05, 4.69) is 184 Å². The van der Waals surface area contributed by atoms with Gasteiger partial charge < -0.3 is 9.80 Å². The Morgan fingerprint density at radius 3 is 1.52 bits per heavy atom. The lowest BCUT2D eigenvalue weighted by atomic mass is 9.35. The molecule has 0 spiro atoms. The quantitative estimate of drug-likeness (QED) is 0.164. The van der Waals surface area contributed by atoms with Crippen LogP contribution < -0.4 is 25.5 Å². The molecular weight excluding hydrogens is 671 g/mol. The van der Waals surface area contributed by atoms with Crippen molar-refractivity contribution in [1.29, 1.82) is 0 Å². The van der Waals surface area contributed by atoms with Crippen LogP contribution in [0.15, 0.2) is 91.0 Å². The number of benzene rings is 5. The van der Waals surface area contributed by atoms with Crippen molar-refractivity contribution in [3.8, 4) is 0 Å². The van der Waals surface area contributed by atoms with Crippen LogP contribution in [0.2, 0.25) is 0 Å². The van der Waals surface area contributed by atoms with Gasteiger partial charge >= 0.3 is 0 Å². The van der Waals surface area contributed by atoms with E-state index in [1.807, 2.05) is 11.3 Å². The van der Waals surface area contributed by atoms with E-state index in [1.54, 1.807) is 0 Å². The summed E-state index contributed by atoms with van der Waals surface area (Å²) in [5.74, 6) is 0. The highest BCUT2D eigenvalue weighted by Crippen LogP contribution is 2.61. The van der Waals surface area contributed by atoms with Gasteiger partial charge in [-0.15, -0.1) is 11.3 Å². The van der Waals surface area contributed by atoms with Gasteiger partial charge in [0.15, 0.2) is 0 Å². The van der Waals surface area contributed by atoms with Gasteiger partial charge in [0, 0.05) is 43.3 Å². The Labute approximate surface area is 326 Å². The normalized spacial score (nSPS) is 21.4. The molecule has 0 atom stereocenters. The maximum atomic E-state index is 2.63. The van der Waals surface area contributed by atoms with Gasteiger partial charge in [0.2, 0.25) is 0 Å². The Hall–Kier alpha value is -4.28. The fraction of sp³-hybridized carbons (Fsp3) is 0.360. The van der Waals surface area contributed by atoms with Gasteiger partial charge in [0.1, 0.15) is 0 Å². The molecule has 270 valence electrons. The second kappa shape index (κ2) is 9.56. The summed E-state index contributed by atoms with van der Waals surface area (Å²) in [5, 5.41) is 1.34. The molecule has 3 heterocycles. The van der Waals surface area contributed by atoms with E-state index in [1.165, 1.54) is 93.3 Å². The Kier molecular flexibility index (Phi) is 5.86. The summed E-state index contributed by atoms with van der Waals surface area (Å²) < 4.78 is 2.81. The van der Waals surface area contributed by atoms with E-state index in [-0.39, 0.29) is 39.2 Å². The van der Waals surface area contributed by atoms with Gasteiger partial charge in [-0.2, -0.15) is 0 Å². The summed E-state index contributed by atoms with van der Waals surface area (Å²) in [5.41, 5.74) is 20.2. The minimum absolute atomic E-state index is 0.0843. The van der Waals surface area contributed by atoms with Gasteiger partial charge in [-0.25, -0.2) is 0 Å². The van der Waals surface area contributed by atoms with E-state index < -0.39 is 0 Å². The third kappa shape index (κ3) is 3.45. The molecule has 4 heteroatoms. The minimum Gasteiger partial charge on any atom is -0.311 e. The molecular formula is C50H51BN2S. The number of thiophene rings is 1. The largest absolute Gasteiger partial charge is 0.311 e. The predicted molar refractivity (Wildman–Crippen MR) is 234 cm³/mol. The van der Waals surface area contributed by atoms with Crippen molar-refractivity contribution in [2.24, 2.45) is 0 Å². The summed E-state index contributed by atoms with van der Waals surface area (Å²) >= 11 is 2.00. The predicted octanol–water partition coefficient (Wildman–Crippen LogP) is 11.7. The van der Waals surface area contributed by atoms with Crippen LogP contribution in [0.25, 0.3) is 10.1 Å². The van der Waals surface area contributed by atoms with Gasteiger partial charge in [-0.3, -0.25) is 0 Å². The first kappa shape index (κ1) is 33.1. The number of rotatable bonds is 2. The molecule has 2 aliphatic heterocycles. The maximum absolute atomic E-state index is 2.63. The van der Waals surface area contributed by atoms with Crippen molar-refractivity contribution in [2.45, 2.75) is 116 Å². The SMILES string of the molecule is CC1(C)c2ccc(N3c4cc5c(cc4B4c6sc7ccccc7c6N(c6ccc7c(c6)C(C)(C)C7(C)C)c6cccc3c64)C(C)(C)C5(C)C)cc2C1(C)C. The molecule has 0 fully saturated rings. The molecule has 0 radical (unpaired) electrons. The molecule has 2 nitrogen and oxygen atoms in total. The van der Waals surface area contributed by atoms with Crippen LogP contribution in [0.1, 0.15) is 116 Å². The Bertz CT molecular complexity index is 2700. The lowest BCUT2D eigenvalue weighted by Crippen LogP contribution is -2.62. The van der Waals surface area contributed by atoms with E-state index in [0.29, 0.717) is 0 Å². The summed E-state index contributed by atoms with van der Waals surface area (Å²) in [6.07, 6.45) is 0. The fourth-order valence-corrected chi connectivity index (χ4v) is 12.6. The third-order valence-electron chi connectivity index (χ3n) is 16.9. The molecule has 1 aromatic heterocycles. The Morgan fingerprint density at radius 2 is 0.926 bits per heavy atom. The number of anilines is 6. The lowest BCUT2D eigenvalue weighted by molar-refractivity contribution is 0.242. The molecule has 3 aliphatic carbocycles. The molecule has 5 aromatic carbocycles. The first-order valence-electron chi connectivity index (χ1n) is 20.1. The van der Waals surface area contributed by atoms with Crippen LogP contribution in [0.3, 0.4) is 0 Å². The van der Waals surface area contributed by atoms with Crippen molar-refractivity contribution in [2.75, 3.05) is 9.80 Å². The van der Waals surface area contributed by atoms with Crippen LogP contribution in [0, 0.1) is 0 Å². The van der Waals surface area contributed by atoms with Crippen LogP contribution in [0.4, 0.5) is 34.1 Å². The Balaban J connectivity index is 1.22. The lowest BCUT2D eigenvalue weighted by Gasteiger charge is -2.56. The van der Waals surface area contributed by atoms with Crippen molar-refractivity contribution in [1.82, 2.24) is 0 Å². The zero-order chi connectivity index (χ0) is 37.9. The van der Waals surface area contributed by atoms with E-state index in [9.17, 15) is 0 Å².